The van der Waals surface area contributed by atoms with Crippen molar-refractivity contribution in [2.24, 2.45) is 0 Å². The van der Waals surface area contributed by atoms with Gasteiger partial charge < -0.3 is 0 Å². The quantitative estimate of drug-likeness (QED) is 0.200. The van der Waals surface area contributed by atoms with Gasteiger partial charge in [-0.25, -0.2) is 4.98 Å². The van der Waals surface area contributed by atoms with E-state index >= 15 is 0 Å². The summed E-state index contributed by atoms with van der Waals surface area (Å²) in [4.78, 5) is 17.0. The predicted octanol–water partition coefficient (Wildman–Crippen LogP) is 11.3. The van der Waals surface area contributed by atoms with Crippen molar-refractivity contribution in [2.75, 3.05) is 4.90 Å². The summed E-state index contributed by atoms with van der Waals surface area (Å²) in [6.07, 6.45) is 0. The van der Waals surface area contributed by atoms with Crippen LogP contribution in [0.2, 0.25) is 0 Å². The summed E-state index contributed by atoms with van der Waals surface area (Å²) in [5.74, 6) is 0.596. The van der Waals surface area contributed by atoms with Crippen LogP contribution in [0.15, 0.2) is 145 Å². The summed E-state index contributed by atoms with van der Waals surface area (Å²) in [7, 11) is 0. The van der Waals surface area contributed by atoms with Crippen molar-refractivity contribution in [3.8, 4) is 33.9 Å². The Hall–Kier alpha value is -5.91. The SMILES string of the molecule is [2H]c1c([2H])c([2H])c(-c2nc(-c3ccc4sc5ccccc5c4c3)nc(N3c4ccc5ccccc5c4-c4cccc5cccc3c45)n2)c([2H])c1[2H]. The Morgan fingerprint density at radius 2 is 1.28 bits per heavy atom. The molecule has 5 heteroatoms. The number of rotatable bonds is 3. The maximum Gasteiger partial charge on any atom is 0.238 e. The van der Waals surface area contributed by atoms with E-state index in [2.05, 4.69) is 72.8 Å². The van der Waals surface area contributed by atoms with Crippen molar-refractivity contribution in [2.45, 2.75) is 0 Å². The molecule has 0 saturated carbocycles. The van der Waals surface area contributed by atoms with E-state index in [1.165, 1.54) is 4.70 Å². The van der Waals surface area contributed by atoms with Gasteiger partial charge in [-0.05, 0) is 58.1 Å². The first-order chi connectivity index (χ1) is 24.9. The van der Waals surface area contributed by atoms with Crippen LogP contribution in [0.3, 0.4) is 0 Å². The lowest BCUT2D eigenvalue weighted by Crippen LogP contribution is -2.19. The van der Waals surface area contributed by atoms with Crippen molar-refractivity contribution in [3.63, 3.8) is 0 Å². The molecular weight excluding hydrogens is 581 g/mol. The molecular formula is C41H24N4S. The molecule has 0 radical (unpaired) electrons. The first-order valence-electron chi connectivity index (χ1n) is 17.5. The second-order valence-corrected chi connectivity index (χ2v) is 12.4. The van der Waals surface area contributed by atoms with Crippen LogP contribution in [0.4, 0.5) is 17.3 Å². The summed E-state index contributed by atoms with van der Waals surface area (Å²) >= 11 is 1.71. The number of hydrogen-bond donors (Lipinski definition) is 0. The first-order valence-corrected chi connectivity index (χ1v) is 15.8. The molecule has 1 aliphatic rings. The van der Waals surface area contributed by atoms with Gasteiger partial charge in [0.25, 0.3) is 0 Å². The monoisotopic (exact) mass is 609 g/mol. The Balaban J connectivity index is 1.31. The third kappa shape index (κ3) is 3.76. The second-order valence-electron chi connectivity index (χ2n) is 11.3. The molecule has 0 spiro atoms. The van der Waals surface area contributed by atoms with Gasteiger partial charge in [0, 0.05) is 42.2 Å². The molecule has 3 heterocycles. The van der Waals surface area contributed by atoms with Crippen molar-refractivity contribution >= 4 is 70.4 Å². The van der Waals surface area contributed by atoms with Gasteiger partial charge in [0.15, 0.2) is 11.6 Å². The summed E-state index contributed by atoms with van der Waals surface area (Å²) in [6, 6.07) is 37.1. The predicted molar refractivity (Wildman–Crippen MR) is 192 cm³/mol. The van der Waals surface area contributed by atoms with Gasteiger partial charge >= 0.3 is 0 Å². The lowest BCUT2D eigenvalue weighted by Gasteiger charge is -2.32. The Morgan fingerprint density at radius 1 is 0.543 bits per heavy atom. The molecule has 0 aliphatic carbocycles. The molecule has 0 atom stereocenters. The van der Waals surface area contributed by atoms with Crippen LogP contribution in [0.25, 0.3) is 75.6 Å². The van der Waals surface area contributed by atoms with Crippen molar-refractivity contribution in [3.05, 3.63) is 145 Å². The average molecular weight is 610 g/mol. The number of fused-ring (bicyclic) bond motifs is 7. The van der Waals surface area contributed by atoms with Crippen LogP contribution in [-0.2, 0) is 0 Å². The largest absolute Gasteiger partial charge is 0.278 e. The Bertz CT molecular complexity index is 2930. The molecule has 1 aliphatic heterocycles. The molecule has 0 fully saturated rings. The molecule has 4 nitrogen and oxygen atoms in total. The number of benzene rings is 7. The highest BCUT2D eigenvalue weighted by Gasteiger charge is 2.30. The minimum absolute atomic E-state index is 0.00403. The van der Waals surface area contributed by atoms with Crippen LogP contribution in [0.5, 0.6) is 0 Å². The smallest absolute Gasteiger partial charge is 0.238 e. The topological polar surface area (TPSA) is 41.9 Å². The average Bonchev–Trinajstić information content (AvgIpc) is 3.54. The molecule has 2 aromatic heterocycles. The Labute approximate surface area is 275 Å². The molecule has 0 amide bonds. The molecule has 0 unspecified atom stereocenters. The number of aromatic nitrogens is 3. The van der Waals surface area contributed by atoms with Crippen LogP contribution < -0.4 is 4.90 Å². The molecule has 0 N–H and O–H groups in total. The fraction of sp³-hybridized carbons (Fsp3) is 0. The normalized spacial score (nSPS) is 13.8. The molecule has 46 heavy (non-hydrogen) atoms. The highest BCUT2D eigenvalue weighted by Crippen LogP contribution is 2.52. The minimum atomic E-state index is -0.474. The van der Waals surface area contributed by atoms with E-state index in [4.69, 9.17) is 21.8 Å². The van der Waals surface area contributed by atoms with Gasteiger partial charge in [-0.15, -0.1) is 11.3 Å². The third-order valence-corrected chi connectivity index (χ3v) is 9.87. The van der Waals surface area contributed by atoms with Gasteiger partial charge in [0.1, 0.15) is 0 Å². The molecule has 9 aromatic rings. The highest BCUT2D eigenvalue weighted by atomic mass is 32.1. The summed E-state index contributed by atoms with van der Waals surface area (Å²) in [6.45, 7) is 0. The van der Waals surface area contributed by atoms with E-state index in [-0.39, 0.29) is 29.4 Å². The van der Waals surface area contributed by atoms with Crippen LogP contribution in [0.1, 0.15) is 6.85 Å². The molecule has 214 valence electrons. The maximum atomic E-state index is 8.85. The van der Waals surface area contributed by atoms with Crippen LogP contribution in [-0.4, -0.2) is 15.0 Å². The molecule has 7 aromatic carbocycles. The highest BCUT2D eigenvalue weighted by molar-refractivity contribution is 7.25. The van der Waals surface area contributed by atoms with Crippen LogP contribution >= 0.6 is 11.3 Å². The molecule has 0 saturated heterocycles. The van der Waals surface area contributed by atoms with E-state index in [0.717, 1.165) is 65.1 Å². The number of thiophene rings is 1. The summed E-state index contributed by atoms with van der Waals surface area (Å²) in [5.41, 5.74) is 4.51. The van der Waals surface area contributed by atoms with Crippen molar-refractivity contribution < 1.29 is 6.85 Å². The number of nitrogens with zero attached hydrogens (tertiary/aromatic N) is 4. The Kier molecular flexibility index (Phi) is 4.46. The second kappa shape index (κ2) is 9.80. The summed E-state index contributed by atoms with van der Waals surface area (Å²) < 4.78 is 45.1. The van der Waals surface area contributed by atoms with Gasteiger partial charge in [0.2, 0.25) is 5.95 Å². The lowest BCUT2D eigenvalue weighted by atomic mass is 9.88. The van der Waals surface area contributed by atoms with Crippen LogP contribution in [0, 0.1) is 0 Å². The molecule has 10 rings (SSSR count). The fourth-order valence-corrected chi connectivity index (χ4v) is 7.81. The van der Waals surface area contributed by atoms with E-state index in [9.17, 15) is 0 Å². The van der Waals surface area contributed by atoms with Gasteiger partial charge in [0.05, 0.1) is 18.2 Å². The zero-order chi connectivity index (χ0) is 34.5. The van der Waals surface area contributed by atoms with Gasteiger partial charge in [-0.1, -0.05) is 109 Å². The van der Waals surface area contributed by atoms with Gasteiger partial charge in [-0.3, -0.25) is 4.90 Å². The zero-order valence-electron chi connectivity index (χ0n) is 29.2. The van der Waals surface area contributed by atoms with E-state index in [1.54, 1.807) is 11.3 Å². The van der Waals surface area contributed by atoms with E-state index in [1.807, 2.05) is 47.4 Å². The van der Waals surface area contributed by atoms with E-state index < -0.39 is 18.1 Å². The first kappa shape index (κ1) is 20.9. The van der Waals surface area contributed by atoms with E-state index in [0.29, 0.717) is 5.82 Å². The third-order valence-electron chi connectivity index (χ3n) is 8.72. The lowest BCUT2D eigenvalue weighted by molar-refractivity contribution is 1.02. The summed E-state index contributed by atoms with van der Waals surface area (Å²) in [5, 5.41) is 6.47. The number of anilines is 3. The minimum Gasteiger partial charge on any atom is -0.278 e. The maximum absolute atomic E-state index is 8.85. The Morgan fingerprint density at radius 3 is 2.17 bits per heavy atom. The number of hydrogen-bond acceptors (Lipinski definition) is 5. The van der Waals surface area contributed by atoms with Crippen molar-refractivity contribution in [1.82, 2.24) is 15.0 Å². The molecule has 0 bridgehead atoms. The fourth-order valence-electron chi connectivity index (χ4n) is 6.72. The standard InChI is InChI=1S/C41H24N4S/c1-2-11-27(12-3-1)39-42-40(28-21-23-36-32(24-28)30-16-6-7-19-35(30)46-36)44-41(43-39)45-33-18-9-14-26-13-8-17-31(37(26)33)38-29-15-5-4-10-25(29)20-22-34(38)45/h1-24H/i1D,2D,3D,11D,12D. The van der Waals surface area contributed by atoms with Crippen molar-refractivity contribution in [1.29, 1.82) is 0 Å². The zero-order valence-corrected chi connectivity index (χ0v) is 25.0. The van der Waals surface area contributed by atoms with Gasteiger partial charge in [-0.2, -0.15) is 9.97 Å².